The predicted molar refractivity (Wildman–Crippen MR) is 83.6 cm³/mol. The minimum Gasteiger partial charge on any atom is -0.383 e. The van der Waals surface area contributed by atoms with Gasteiger partial charge in [0.2, 0.25) is 0 Å². The molecule has 6 nitrogen and oxygen atoms in total. The van der Waals surface area contributed by atoms with Crippen molar-refractivity contribution in [2.24, 2.45) is 0 Å². The third-order valence-electron chi connectivity index (χ3n) is 3.17. The highest BCUT2D eigenvalue weighted by Crippen LogP contribution is 2.16. The van der Waals surface area contributed by atoms with Crippen LogP contribution in [0.2, 0.25) is 5.15 Å². The van der Waals surface area contributed by atoms with E-state index in [0.717, 1.165) is 43.0 Å². The zero-order chi connectivity index (χ0) is 15.1. The summed E-state index contributed by atoms with van der Waals surface area (Å²) >= 11 is 6.14. The molecule has 0 saturated heterocycles. The molecule has 2 aromatic rings. The Bertz CT molecular complexity index is 551. The van der Waals surface area contributed by atoms with Crippen LogP contribution >= 0.6 is 11.6 Å². The van der Waals surface area contributed by atoms with Gasteiger partial charge in [0.25, 0.3) is 0 Å². The van der Waals surface area contributed by atoms with Gasteiger partial charge >= 0.3 is 0 Å². The summed E-state index contributed by atoms with van der Waals surface area (Å²) in [5.41, 5.74) is 1.86. The molecule has 0 atom stereocenters. The number of hydrogen-bond donors (Lipinski definition) is 2. The van der Waals surface area contributed by atoms with E-state index in [1.807, 2.05) is 10.9 Å². The number of aromatic amines is 1. The quantitative estimate of drug-likeness (QED) is 0.747. The fraction of sp³-hybridized carbons (Fsp3) is 0.571. The van der Waals surface area contributed by atoms with Crippen LogP contribution in [0.1, 0.15) is 31.3 Å². The second-order valence-electron chi connectivity index (χ2n) is 4.89. The minimum absolute atomic E-state index is 0.542. The molecular weight excluding hydrogens is 290 g/mol. The van der Waals surface area contributed by atoms with Gasteiger partial charge in [0.05, 0.1) is 37.3 Å². The van der Waals surface area contributed by atoms with Gasteiger partial charge in [-0.2, -0.15) is 5.10 Å². The molecule has 2 rings (SSSR count). The Morgan fingerprint density at radius 3 is 3.10 bits per heavy atom. The molecule has 0 amide bonds. The molecule has 116 valence electrons. The molecule has 0 saturated carbocycles. The number of aromatic nitrogens is 4. The van der Waals surface area contributed by atoms with Crippen molar-refractivity contribution < 1.29 is 4.74 Å². The molecule has 21 heavy (non-hydrogen) atoms. The monoisotopic (exact) mass is 311 g/mol. The first-order valence-corrected chi connectivity index (χ1v) is 7.59. The van der Waals surface area contributed by atoms with Gasteiger partial charge < -0.3 is 15.0 Å². The fourth-order valence-electron chi connectivity index (χ4n) is 1.97. The number of nitrogens with one attached hydrogen (secondary N) is 2. The Balaban J connectivity index is 1.87. The van der Waals surface area contributed by atoms with Crippen molar-refractivity contribution in [3.63, 3.8) is 0 Å². The minimum atomic E-state index is 0.542. The number of methoxy groups -OCH3 is 1. The summed E-state index contributed by atoms with van der Waals surface area (Å²) in [6.45, 7) is 4.15. The van der Waals surface area contributed by atoms with Crippen LogP contribution in [0.5, 0.6) is 0 Å². The Morgan fingerprint density at radius 1 is 1.48 bits per heavy atom. The van der Waals surface area contributed by atoms with Gasteiger partial charge in [-0.15, -0.1) is 0 Å². The van der Waals surface area contributed by atoms with Gasteiger partial charge in [-0.1, -0.05) is 24.9 Å². The highest BCUT2D eigenvalue weighted by Gasteiger charge is 2.08. The van der Waals surface area contributed by atoms with E-state index in [1.165, 1.54) is 0 Å². The van der Waals surface area contributed by atoms with E-state index in [9.17, 15) is 0 Å². The number of H-pyrrole nitrogens is 1. The first kappa shape index (κ1) is 15.9. The van der Waals surface area contributed by atoms with Crippen molar-refractivity contribution in [1.82, 2.24) is 19.7 Å². The summed E-state index contributed by atoms with van der Waals surface area (Å²) < 4.78 is 6.86. The number of rotatable bonds is 9. The summed E-state index contributed by atoms with van der Waals surface area (Å²) in [6.07, 6.45) is 6.93. The maximum atomic E-state index is 6.14. The van der Waals surface area contributed by atoms with Gasteiger partial charge in [0.1, 0.15) is 5.82 Å². The molecule has 0 bridgehead atoms. The van der Waals surface area contributed by atoms with Crippen molar-refractivity contribution in [2.75, 3.05) is 19.0 Å². The number of hydrogen-bond acceptors (Lipinski definition) is 4. The van der Waals surface area contributed by atoms with Crippen molar-refractivity contribution in [3.8, 4) is 0 Å². The summed E-state index contributed by atoms with van der Waals surface area (Å²) in [5.74, 6) is 0.953. The molecule has 0 fully saturated rings. The molecule has 2 aromatic heterocycles. The zero-order valence-corrected chi connectivity index (χ0v) is 13.3. The topological polar surface area (TPSA) is 67.8 Å². The smallest absolute Gasteiger partial charge is 0.152 e. The van der Waals surface area contributed by atoms with Crippen molar-refractivity contribution in [1.29, 1.82) is 0 Å². The van der Waals surface area contributed by atoms with E-state index in [2.05, 4.69) is 27.3 Å². The van der Waals surface area contributed by atoms with Crippen LogP contribution in [0, 0.1) is 0 Å². The summed E-state index contributed by atoms with van der Waals surface area (Å²) in [6, 6.07) is 0. The van der Waals surface area contributed by atoms with E-state index in [4.69, 9.17) is 16.3 Å². The van der Waals surface area contributed by atoms with Gasteiger partial charge in [-0.3, -0.25) is 4.68 Å². The number of unbranched alkanes of at least 4 members (excludes halogenated alkanes) is 1. The van der Waals surface area contributed by atoms with Crippen LogP contribution in [-0.2, 0) is 24.2 Å². The average molecular weight is 312 g/mol. The SMILES string of the molecule is CCCCc1nc(Cl)c(CNc2cnn(CCOC)c2)[nH]1. The molecule has 0 radical (unpaired) electrons. The fourth-order valence-corrected chi connectivity index (χ4v) is 2.19. The number of halogens is 1. The number of anilines is 1. The Morgan fingerprint density at radius 2 is 2.33 bits per heavy atom. The number of nitrogens with zero attached hydrogens (tertiary/aromatic N) is 3. The van der Waals surface area contributed by atoms with E-state index in [0.29, 0.717) is 18.3 Å². The Labute approximate surface area is 129 Å². The highest BCUT2D eigenvalue weighted by atomic mass is 35.5. The normalized spacial score (nSPS) is 11.0. The van der Waals surface area contributed by atoms with Crippen molar-refractivity contribution >= 4 is 17.3 Å². The molecule has 0 aliphatic rings. The van der Waals surface area contributed by atoms with Crippen LogP contribution in [0.25, 0.3) is 0 Å². The number of aryl methyl sites for hydroxylation is 1. The molecule has 7 heteroatoms. The lowest BCUT2D eigenvalue weighted by molar-refractivity contribution is 0.183. The van der Waals surface area contributed by atoms with Gasteiger partial charge in [-0.25, -0.2) is 4.98 Å². The van der Waals surface area contributed by atoms with Crippen LogP contribution in [0.4, 0.5) is 5.69 Å². The molecule has 0 aliphatic carbocycles. The predicted octanol–water partition coefficient (Wildman–Crippen LogP) is 2.86. The lowest BCUT2D eigenvalue weighted by atomic mass is 10.2. The molecular formula is C14H22ClN5O. The summed E-state index contributed by atoms with van der Waals surface area (Å²) in [4.78, 5) is 7.61. The summed E-state index contributed by atoms with van der Waals surface area (Å²) in [5, 5.41) is 8.08. The maximum absolute atomic E-state index is 6.14. The third kappa shape index (κ3) is 4.75. The molecule has 2 heterocycles. The average Bonchev–Trinajstić information content (AvgIpc) is 3.07. The first-order chi connectivity index (χ1) is 10.2. The molecule has 0 unspecified atom stereocenters. The van der Waals surface area contributed by atoms with E-state index >= 15 is 0 Å². The van der Waals surface area contributed by atoms with Crippen molar-refractivity contribution in [3.05, 3.63) is 29.1 Å². The zero-order valence-electron chi connectivity index (χ0n) is 12.5. The lowest BCUT2D eigenvalue weighted by Crippen LogP contribution is -2.04. The van der Waals surface area contributed by atoms with Crippen molar-refractivity contribution in [2.45, 2.75) is 39.3 Å². The molecule has 0 aliphatic heterocycles. The van der Waals surface area contributed by atoms with Crippen LogP contribution in [-0.4, -0.2) is 33.5 Å². The second kappa shape index (κ2) is 8.05. The van der Waals surface area contributed by atoms with E-state index in [-0.39, 0.29) is 0 Å². The lowest BCUT2D eigenvalue weighted by Gasteiger charge is -2.02. The first-order valence-electron chi connectivity index (χ1n) is 7.21. The van der Waals surface area contributed by atoms with E-state index < -0.39 is 0 Å². The number of imidazole rings is 1. The molecule has 0 aromatic carbocycles. The van der Waals surface area contributed by atoms with Crippen LogP contribution in [0.15, 0.2) is 12.4 Å². The largest absolute Gasteiger partial charge is 0.383 e. The van der Waals surface area contributed by atoms with E-state index in [1.54, 1.807) is 13.3 Å². The van der Waals surface area contributed by atoms with Crippen LogP contribution in [0.3, 0.4) is 0 Å². The van der Waals surface area contributed by atoms with Gasteiger partial charge in [0, 0.05) is 19.7 Å². The van der Waals surface area contributed by atoms with Crippen LogP contribution < -0.4 is 5.32 Å². The maximum Gasteiger partial charge on any atom is 0.152 e. The molecule has 0 spiro atoms. The Hall–Kier alpha value is -1.53. The van der Waals surface area contributed by atoms with Gasteiger partial charge in [-0.05, 0) is 6.42 Å². The second-order valence-corrected chi connectivity index (χ2v) is 5.25. The highest BCUT2D eigenvalue weighted by molar-refractivity contribution is 6.30. The number of ether oxygens (including phenoxy) is 1. The standard InChI is InChI=1S/C14H22ClN5O/c1-3-4-5-13-18-12(14(15)19-13)9-16-11-8-17-20(10-11)6-7-21-2/h8,10,16H,3-7,9H2,1-2H3,(H,18,19). The molecule has 2 N–H and O–H groups in total. The third-order valence-corrected chi connectivity index (χ3v) is 3.48. The van der Waals surface area contributed by atoms with Gasteiger partial charge in [0.15, 0.2) is 5.15 Å². The Kier molecular flexibility index (Phi) is 6.07. The summed E-state index contributed by atoms with van der Waals surface area (Å²) in [7, 11) is 1.68.